The van der Waals surface area contributed by atoms with Crippen molar-refractivity contribution in [2.75, 3.05) is 12.4 Å². The predicted molar refractivity (Wildman–Crippen MR) is 69.3 cm³/mol. The minimum absolute atomic E-state index is 0.0555. The predicted octanol–water partition coefficient (Wildman–Crippen LogP) is 2.97. The first-order valence-electron chi connectivity index (χ1n) is 5.87. The minimum Gasteiger partial charge on any atom is -0.464 e. The molecule has 0 spiro atoms. The van der Waals surface area contributed by atoms with E-state index in [2.05, 4.69) is 15.2 Å². The number of aromatic nitrogens is 2. The van der Waals surface area contributed by atoms with E-state index in [4.69, 9.17) is 0 Å². The van der Waals surface area contributed by atoms with Gasteiger partial charge in [0.15, 0.2) is 5.69 Å². The molecular formula is C13H12F3N3O2. The highest BCUT2D eigenvalue weighted by molar-refractivity contribution is 5.94. The van der Waals surface area contributed by atoms with E-state index in [-0.39, 0.29) is 5.69 Å². The Bertz CT molecular complexity index is 648. The summed E-state index contributed by atoms with van der Waals surface area (Å²) >= 11 is 0. The SMILES string of the molecule is COC(=O)c1nn(C)cc1Nc1ccc(C(F)(F)F)cc1. The van der Waals surface area contributed by atoms with Crippen LogP contribution in [0.25, 0.3) is 0 Å². The molecule has 1 aromatic carbocycles. The van der Waals surface area contributed by atoms with Crippen molar-refractivity contribution in [3.63, 3.8) is 0 Å². The van der Waals surface area contributed by atoms with Gasteiger partial charge < -0.3 is 10.1 Å². The van der Waals surface area contributed by atoms with Crippen molar-refractivity contribution in [2.45, 2.75) is 6.18 Å². The molecule has 0 amide bonds. The Morgan fingerprint density at radius 2 is 1.90 bits per heavy atom. The van der Waals surface area contributed by atoms with Gasteiger partial charge in [-0.15, -0.1) is 0 Å². The molecule has 0 bridgehead atoms. The Morgan fingerprint density at radius 1 is 1.29 bits per heavy atom. The van der Waals surface area contributed by atoms with Gasteiger partial charge >= 0.3 is 12.1 Å². The standard InChI is InChI=1S/C13H12F3N3O2/c1-19-7-10(11(18-19)12(20)21-2)17-9-5-3-8(4-6-9)13(14,15)16/h3-7,17H,1-2H3. The number of halogens is 3. The van der Waals surface area contributed by atoms with Crippen LogP contribution in [0.2, 0.25) is 0 Å². The average Bonchev–Trinajstić information content (AvgIpc) is 2.78. The fraction of sp³-hybridized carbons (Fsp3) is 0.231. The van der Waals surface area contributed by atoms with Crippen LogP contribution in [0.4, 0.5) is 24.5 Å². The molecule has 1 heterocycles. The van der Waals surface area contributed by atoms with Crippen LogP contribution in [0, 0.1) is 0 Å². The summed E-state index contributed by atoms with van der Waals surface area (Å²) in [7, 11) is 2.84. The van der Waals surface area contributed by atoms with E-state index < -0.39 is 17.7 Å². The fourth-order valence-electron chi connectivity index (χ4n) is 1.73. The molecule has 0 radical (unpaired) electrons. The number of esters is 1. The molecule has 0 aliphatic rings. The molecule has 0 unspecified atom stereocenters. The molecule has 21 heavy (non-hydrogen) atoms. The third kappa shape index (κ3) is 3.33. The fourth-order valence-corrected chi connectivity index (χ4v) is 1.73. The summed E-state index contributed by atoms with van der Waals surface area (Å²) in [6.07, 6.45) is -2.85. The molecule has 0 aliphatic heterocycles. The highest BCUT2D eigenvalue weighted by atomic mass is 19.4. The van der Waals surface area contributed by atoms with E-state index in [1.807, 2.05) is 0 Å². The molecule has 0 atom stereocenters. The number of hydrogen-bond donors (Lipinski definition) is 1. The molecule has 1 aromatic heterocycles. The number of anilines is 2. The van der Waals surface area contributed by atoms with Gasteiger partial charge in [-0.25, -0.2) is 4.79 Å². The lowest BCUT2D eigenvalue weighted by Crippen LogP contribution is -2.06. The number of alkyl halides is 3. The van der Waals surface area contributed by atoms with Crippen molar-refractivity contribution >= 4 is 17.3 Å². The van der Waals surface area contributed by atoms with Crippen LogP contribution in [-0.2, 0) is 18.0 Å². The first-order valence-corrected chi connectivity index (χ1v) is 5.87. The van der Waals surface area contributed by atoms with Gasteiger partial charge in [0, 0.05) is 18.9 Å². The molecular weight excluding hydrogens is 287 g/mol. The van der Waals surface area contributed by atoms with Gasteiger partial charge in [-0.1, -0.05) is 0 Å². The number of ether oxygens (including phenoxy) is 1. The summed E-state index contributed by atoms with van der Waals surface area (Å²) in [4.78, 5) is 11.5. The number of carbonyl (C=O) groups excluding carboxylic acids is 1. The molecule has 0 saturated carbocycles. The first kappa shape index (κ1) is 14.9. The van der Waals surface area contributed by atoms with Gasteiger partial charge in [0.2, 0.25) is 0 Å². The van der Waals surface area contributed by atoms with Crippen LogP contribution in [0.1, 0.15) is 16.1 Å². The van der Waals surface area contributed by atoms with Gasteiger partial charge in [-0.2, -0.15) is 18.3 Å². The summed E-state index contributed by atoms with van der Waals surface area (Å²) < 4.78 is 43.4. The number of carbonyl (C=O) groups is 1. The number of nitrogens with zero attached hydrogens (tertiary/aromatic N) is 2. The second-order valence-electron chi connectivity index (χ2n) is 4.26. The van der Waals surface area contributed by atoms with Crippen LogP contribution < -0.4 is 5.32 Å². The zero-order valence-corrected chi connectivity index (χ0v) is 11.2. The van der Waals surface area contributed by atoms with Crippen LogP contribution in [0.3, 0.4) is 0 Å². The van der Waals surface area contributed by atoms with Gasteiger partial charge in [0.25, 0.3) is 0 Å². The highest BCUT2D eigenvalue weighted by Gasteiger charge is 2.30. The van der Waals surface area contributed by atoms with Gasteiger partial charge in [0.05, 0.1) is 18.4 Å². The maximum Gasteiger partial charge on any atom is 0.416 e. The van der Waals surface area contributed by atoms with Crippen molar-refractivity contribution in [1.82, 2.24) is 9.78 Å². The van der Waals surface area contributed by atoms with Crippen LogP contribution in [0.5, 0.6) is 0 Å². The summed E-state index contributed by atoms with van der Waals surface area (Å²) in [6, 6.07) is 4.46. The number of benzene rings is 1. The number of nitrogens with one attached hydrogen (secondary N) is 1. The largest absolute Gasteiger partial charge is 0.464 e. The molecule has 2 rings (SSSR count). The second kappa shape index (κ2) is 5.47. The average molecular weight is 299 g/mol. The number of methoxy groups -OCH3 is 1. The van der Waals surface area contributed by atoms with Crippen molar-refractivity contribution in [3.05, 3.63) is 41.7 Å². The van der Waals surface area contributed by atoms with Gasteiger partial charge in [0.1, 0.15) is 0 Å². The quantitative estimate of drug-likeness (QED) is 0.885. The molecule has 8 heteroatoms. The third-order valence-electron chi connectivity index (χ3n) is 2.70. The summed E-state index contributed by atoms with van der Waals surface area (Å²) in [5.74, 6) is -0.634. The Hall–Kier alpha value is -2.51. The normalized spacial score (nSPS) is 11.3. The van der Waals surface area contributed by atoms with E-state index in [0.717, 1.165) is 12.1 Å². The lowest BCUT2D eigenvalue weighted by molar-refractivity contribution is -0.137. The number of hydrogen-bond acceptors (Lipinski definition) is 4. The molecule has 112 valence electrons. The van der Waals surface area contributed by atoms with Crippen LogP contribution in [0.15, 0.2) is 30.5 Å². The number of aryl methyl sites for hydroxylation is 1. The van der Waals surface area contributed by atoms with E-state index in [9.17, 15) is 18.0 Å². The minimum atomic E-state index is -4.38. The maximum atomic E-state index is 12.5. The Balaban J connectivity index is 2.24. The molecule has 5 nitrogen and oxygen atoms in total. The smallest absolute Gasteiger partial charge is 0.416 e. The summed E-state index contributed by atoms with van der Waals surface area (Å²) in [6.45, 7) is 0. The zero-order valence-electron chi connectivity index (χ0n) is 11.2. The van der Waals surface area contributed by atoms with Crippen molar-refractivity contribution in [3.8, 4) is 0 Å². The van der Waals surface area contributed by atoms with E-state index in [1.165, 1.54) is 30.1 Å². The molecule has 2 aromatic rings. The zero-order chi connectivity index (χ0) is 15.6. The van der Waals surface area contributed by atoms with Gasteiger partial charge in [-0.05, 0) is 24.3 Å². The van der Waals surface area contributed by atoms with E-state index >= 15 is 0 Å². The summed E-state index contributed by atoms with van der Waals surface area (Å²) in [5, 5.41) is 6.77. The lowest BCUT2D eigenvalue weighted by atomic mass is 10.2. The van der Waals surface area contributed by atoms with Crippen molar-refractivity contribution in [1.29, 1.82) is 0 Å². The molecule has 0 saturated heterocycles. The highest BCUT2D eigenvalue weighted by Crippen LogP contribution is 2.30. The first-order chi connectivity index (χ1) is 9.81. The Labute approximate surface area is 118 Å². The lowest BCUT2D eigenvalue weighted by Gasteiger charge is -2.09. The molecule has 1 N–H and O–H groups in total. The summed E-state index contributed by atoms with van der Waals surface area (Å²) in [5.41, 5.74) is 0.0672. The molecule has 0 aliphatic carbocycles. The second-order valence-corrected chi connectivity index (χ2v) is 4.26. The van der Waals surface area contributed by atoms with Crippen molar-refractivity contribution < 1.29 is 22.7 Å². The van der Waals surface area contributed by atoms with Crippen molar-refractivity contribution in [2.24, 2.45) is 7.05 Å². The monoisotopic (exact) mass is 299 g/mol. The molecule has 0 fully saturated rings. The Morgan fingerprint density at radius 3 is 2.43 bits per heavy atom. The van der Waals surface area contributed by atoms with Crippen LogP contribution >= 0.6 is 0 Å². The van der Waals surface area contributed by atoms with E-state index in [0.29, 0.717) is 11.4 Å². The van der Waals surface area contributed by atoms with Gasteiger partial charge in [-0.3, -0.25) is 4.68 Å². The van der Waals surface area contributed by atoms with E-state index in [1.54, 1.807) is 7.05 Å². The Kier molecular flexibility index (Phi) is 3.88. The topological polar surface area (TPSA) is 56.1 Å². The maximum absolute atomic E-state index is 12.5. The number of rotatable bonds is 3. The van der Waals surface area contributed by atoms with Crippen LogP contribution in [-0.4, -0.2) is 22.9 Å². The third-order valence-corrected chi connectivity index (χ3v) is 2.70.